The Balaban J connectivity index is 2.14. The molecule has 120 valence electrons. The minimum atomic E-state index is -0.856. The number of aryl methyl sites for hydroxylation is 1. The molecular formula is C18H20N2O3. The van der Waals surface area contributed by atoms with Crippen LogP contribution in [0.4, 0.5) is 0 Å². The van der Waals surface area contributed by atoms with Gasteiger partial charge in [-0.15, -0.1) is 0 Å². The zero-order valence-electron chi connectivity index (χ0n) is 13.1. The van der Waals surface area contributed by atoms with E-state index in [4.69, 9.17) is 5.11 Å². The summed E-state index contributed by atoms with van der Waals surface area (Å²) >= 11 is 0. The van der Waals surface area contributed by atoms with E-state index in [9.17, 15) is 9.59 Å². The van der Waals surface area contributed by atoms with Crippen molar-refractivity contribution in [2.24, 2.45) is 0 Å². The maximum atomic E-state index is 12.7. The van der Waals surface area contributed by atoms with Gasteiger partial charge in [0.15, 0.2) is 0 Å². The van der Waals surface area contributed by atoms with E-state index in [1.54, 1.807) is 17.0 Å². The number of carboxylic acid groups (broad SMARTS) is 1. The van der Waals surface area contributed by atoms with Crippen molar-refractivity contribution in [3.05, 3.63) is 65.5 Å². The van der Waals surface area contributed by atoms with Crippen molar-refractivity contribution in [1.29, 1.82) is 0 Å². The Kier molecular flexibility index (Phi) is 5.86. The van der Waals surface area contributed by atoms with Crippen molar-refractivity contribution in [1.82, 2.24) is 9.88 Å². The smallest absolute Gasteiger partial charge is 0.303 e. The van der Waals surface area contributed by atoms with Gasteiger partial charge in [-0.25, -0.2) is 4.98 Å². The zero-order valence-corrected chi connectivity index (χ0v) is 13.1. The van der Waals surface area contributed by atoms with Gasteiger partial charge in [-0.05, 0) is 31.0 Å². The predicted octanol–water partition coefficient (Wildman–Crippen LogP) is 2.90. The first-order valence-corrected chi connectivity index (χ1v) is 7.55. The summed E-state index contributed by atoms with van der Waals surface area (Å²) in [7, 11) is 0. The Morgan fingerprint density at radius 3 is 2.48 bits per heavy atom. The zero-order chi connectivity index (χ0) is 16.7. The van der Waals surface area contributed by atoms with Gasteiger partial charge in [-0.3, -0.25) is 9.59 Å². The maximum absolute atomic E-state index is 12.7. The van der Waals surface area contributed by atoms with Crippen molar-refractivity contribution in [3.63, 3.8) is 0 Å². The number of aromatic nitrogens is 1. The highest BCUT2D eigenvalue weighted by Crippen LogP contribution is 2.11. The highest BCUT2D eigenvalue weighted by molar-refractivity contribution is 5.92. The molecule has 0 saturated heterocycles. The molecule has 5 nitrogen and oxygen atoms in total. The molecule has 0 aliphatic heterocycles. The second-order valence-electron chi connectivity index (χ2n) is 5.37. The Hall–Kier alpha value is -2.69. The highest BCUT2D eigenvalue weighted by Gasteiger charge is 2.17. The van der Waals surface area contributed by atoms with Crippen LogP contribution in [-0.4, -0.2) is 33.4 Å². The molecule has 1 aromatic carbocycles. The monoisotopic (exact) mass is 312 g/mol. The van der Waals surface area contributed by atoms with Crippen molar-refractivity contribution in [2.45, 2.75) is 26.3 Å². The van der Waals surface area contributed by atoms with Crippen LogP contribution in [0.15, 0.2) is 48.5 Å². The number of carboxylic acids is 1. The SMILES string of the molecule is Cc1cccc(C(=O)N(CCCC(=O)O)Cc2ccccc2)n1. The molecule has 0 aliphatic rings. The van der Waals surface area contributed by atoms with Gasteiger partial charge in [-0.1, -0.05) is 36.4 Å². The van der Waals surface area contributed by atoms with E-state index >= 15 is 0 Å². The second-order valence-corrected chi connectivity index (χ2v) is 5.37. The normalized spacial score (nSPS) is 10.3. The van der Waals surface area contributed by atoms with E-state index in [0.29, 0.717) is 25.2 Å². The van der Waals surface area contributed by atoms with Gasteiger partial charge < -0.3 is 10.0 Å². The van der Waals surface area contributed by atoms with Crippen LogP contribution in [0.3, 0.4) is 0 Å². The number of carbonyl (C=O) groups is 2. The number of carbonyl (C=O) groups excluding carboxylic acids is 1. The van der Waals surface area contributed by atoms with Crippen LogP contribution in [0.1, 0.15) is 34.6 Å². The summed E-state index contributed by atoms with van der Waals surface area (Å²) in [5.41, 5.74) is 2.17. The molecule has 1 amide bonds. The molecule has 1 heterocycles. The largest absolute Gasteiger partial charge is 0.481 e. The summed E-state index contributed by atoms with van der Waals surface area (Å²) in [6.45, 7) is 2.66. The molecule has 1 aromatic heterocycles. The van der Waals surface area contributed by atoms with Crippen LogP contribution >= 0.6 is 0 Å². The van der Waals surface area contributed by atoms with Crippen molar-refractivity contribution in [3.8, 4) is 0 Å². The second kappa shape index (κ2) is 8.08. The molecule has 2 aromatic rings. The van der Waals surface area contributed by atoms with Crippen LogP contribution < -0.4 is 0 Å². The first kappa shape index (κ1) is 16.7. The minimum Gasteiger partial charge on any atom is -0.481 e. The Morgan fingerprint density at radius 1 is 1.09 bits per heavy atom. The molecule has 0 radical (unpaired) electrons. The quantitative estimate of drug-likeness (QED) is 0.853. The van der Waals surface area contributed by atoms with Crippen molar-refractivity contribution < 1.29 is 14.7 Å². The number of aliphatic carboxylic acids is 1. The topological polar surface area (TPSA) is 70.5 Å². The van der Waals surface area contributed by atoms with Crippen LogP contribution in [0.5, 0.6) is 0 Å². The number of hydrogen-bond acceptors (Lipinski definition) is 3. The average molecular weight is 312 g/mol. The summed E-state index contributed by atoms with van der Waals surface area (Å²) in [6, 6.07) is 15.0. The highest BCUT2D eigenvalue weighted by atomic mass is 16.4. The number of rotatable bonds is 7. The van der Waals surface area contributed by atoms with Gasteiger partial charge in [0, 0.05) is 25.2 Å². The molecule has 23 heavy (non-hydrogen) atoms. The third-order valence-corrected chi connectivity index (χ3v) is 3.43. The Morgan fingerprint density at radius 2 is 1.83 bits per heavy atom. The first-order valence-electron chi connectivity index (χ1n) is 7.55. The molecule has 0 aliphatic carbocycles. The third-order valence-electron chi connectivity index (χ3n) is 3.43. The minimum absolute atomic E-state index is 0.0415. The van der Waals surface area contributed by atoms with E-state index in [2.05, 4.69) is 4.98 Å². The lowest BCUT2D eigenvalue weighted by Gasteiger charge is -2.22. The molecule has 1 N–H and O–H groups in total. The third kappa shape index (κ3) is 5.21. The summed E-state index contributed by atoms with van der Waals surface area (Å²) in [6.07, 6.45) is 0.458. The summed E-state index contributed by atoms with van der Waals surface area (Å²) in [5, 5.41) is 8.79. The van der Waals surface area contributed by atoms with Crippen molar-refractivity contribution in [2.75, 3.05) is 6.54 Å². The van der Waals surface area contributed by atoms with E-state index in [-0.39, 0.29) is 12.3 Å². The van der Waals surface area contributed by atoms with Gasteiger partial charge in [0.1, 0.15) is 5.69 Å². The maximum Gasteiger partial charge on any atom is 0.303 e. The molecule has 0 bridgehead atoms. The standard InChI is InChI=1S/C18H20N2O3/c1-14-7-5-10-16(19-14)18(23)20(12-6-11-17(21)22)13-15-8-3-2-4-9-15/h2-5,7-10H,6,11-13H2,1H3,(H,21,22). The number of pyridine rings is 1. The van der Waals surface area contributed by atoms with Gasteiger partial charge in [-0.2, -0.15) is 0 Å². The molecule has 0 spiro atoms. The average Bonchev–Trinajstić information content (AvgIpc) is 2.54. The number of hydrogen-bond donors (Lipinski definition) is 1. The van der Waals surface area contributed by atoms with E-state index in [1.165, 1.54) is 0 Å². The molecule has 0 fully saturated rings. The number of amides is 1. The van der Waals surface area contributed by atoms with Gasteiger partial charge in [0.05, 0.1) is 0 Å². The lowest BCUT2D eigenvalue weighted by Crippen LogP contribution is -2.32. The lowest BCUT2D eigenvalue weighted by atomic mass is 10.2. The fraction of sp³-hybridized carbons (Fsp3) is 0.278. The van der Waals surface area contributed by atoms with E-state index in [1.807, 2.05) is 43.3 Å². The molecule has 0 saturated carbocycles. The number of benzene rings is 1. The van der Waals surface area contributed by atoms with E-state index < -0.39 is 5.97 Å². The van der Waals surface area contributed by atoms with Gasteiger partial charge >= 0.3 is 5.97 Å². The fourth-order valence-corrected chi connectivity index (χ4v) is 2.30. The van der Waals surface area contributed by atoms with Crippen LogP contribution in [0, 0.1) is 6.92 Å². The molecule has 0 atom stereocenters. The Bertz CT molecular complexity index is 671. The van der Waals surface area contributed by atoms with Crippen LogP contribution in [-0.2, 0) is 11.3 Å². The van der Waals surface area contributed by atoms with E-state index in [0.717, 1.165) is 11.3 Å². The predicted molar refractivity (Wildman–Crippen MR) is 87.0 cm³/mol. The summed E-state index contributed by atoms with van der Waals surface area (Å²) in [4.78, 5) is 29.3. The Labute approximate surface area is 135 Å². The number of nitrogens with zero attached hydrogens (tertiary/aromatic N) is 2. The summed E-state index contributed by atoms with van der Waals surface area (Å²) in [5.74, 6) is -1.03. The van der Waals surface area contributed by atoms with Gasteiger partial charge in [0.25, 0.3) is 5.91 Å². The van der Waals surface area contributed by atoms with Crippen molar-refractivity contribution >= 4 is 11.9 Å². The van der Waals surface area contributed by atoms with Crippen LogP contribution in [0.25, 0.3) is 0 Å². The fourth-order valence-electron chi connectivity index (χ4n) is 2.30. The van der Waals surface area contributed by atoms with Gasteiger partial charge in [0.2, 0.25) is 0 Å². The summed E-state index contributed by atoms with van der Waals surface area (Å²) < 4.78 is 0. The van der Waals surface area contributed by atoms with Crippen LogP contribution in [0.2, 0.25) is 0 Å². The molecule has 5 heteroatoms. The molecule has 0 unspecified atom stereocenters. The molecule has 2 rings (SSSR count). The first-order chi connectivity index (χ1) is 11.1. The lowest BCUT2D eigenvalue weighted by molar-refractivity contribution is -0.137. The molecular weight excluding hydrogens is 292 g/mol.